The summed E-state index contributed by atoms with van der Waals surface area (Å²) in [4.78, 5) is 14.3. The molecule has 4 aromatic rings. The number of nitrogens with one attached hydrogen (secondary N) is 1. The number of ether oxygens (including phenoxy) is 2. The first-order valence-electron chi connectivity index (χ1n) is 11.6. The monoisotopic (exact) mass is 501 g/mol. The fourth-order valence-electron chi connectivity index (χ4n) is 3.61. The Morgan fingerprint density at radius 1 is 0.973 bits per heavy atom. The highest BCUT2D eigenvalue weighted by molar-refractivity contribution is 5.59. The topological polar surface area (TPSA) is 117 Å². The van der Waals surface area contributed by atoms with E-state index in [1.54, 1.807) is 30.5 Å². The number of phenols is 1. The van der Waals surface area contributed by atoms with Crippen LogP contribution in [0, 0.1) is 5.82 Å². The van der Waals surface area contributed by atoms with Gasteiger partial charge in [0.1, 0.15) is 23.8 Å². The van der Waals surface area contributed by atoms with Crippen LogP contribution in [0.3, 0.4) is 0 Å². The van der Waals surface area contributed by atoms with Crippen LogP contribution in [0.5, 0.6) is 17.2 Å². The predicted octanol–water partition coefficient (Wildman–Crippen LogP) is 5.37. The Kier molecular flexibility index (Phi) is 7.42. The molecule has 5 rings (SSSR count). The summed E-state index contributed by atoms with van der Waals surface area (Å²) in [5.41, 5.74) is 2.38. The highest BCUT2D eigenvalue weighted by atomic mass is 19.1. The number of azo groups is 1. The minimum absolute atomic E-state index is 0.0951. The molecule has 0 bridgehead atoms. The summed E-state index contributed by atoms with van der Waals surface area (Å²) in [5, 5.41) is 21.0. The molecule has 0 spiro atoms. The fraction of sp³-hybridized carbons (Fsp3) is 0.192. The Bertz CT molecular complexity index is 1360. The smallest absolute Gasteiger partial charge is 0.270 e. The Hall–Kier alpha value is -4.64. The molecule has 1 saturated heterocycles. The van der Waals surface area contributed by atoms with E-state index in [9.17, 15) is 9.50 Å². The second-order valence-corrected chi connectivity index (χ2v) is 8.13. The van der Waals surface area contributed by atoms with Crippen molar-refractivity contribution in [1.82, 2.24) is 15.0 Å². The van der Waals surface area contributed by atoms with E-state index in [1.165, 1.54) is 0 Å². The van der Waals surface area contributed by atoms with E-state index in [2.05, 4.69) is 30.5 Å². The number of nitrogens with zero attached hydrogens (tertiary/aromatic N) is 6. The Labute approximate surface area is 212 Å². The lowest BCUT2D eigenvalue weighted by molar-refractivity contribution is 0.122. The predicted molar refractivity (Wildman–Crippen MR) is 135 cm³/mol. The molecule has 0 atom stereocenters. The molecule has 1 aliphatic rings. The number of aromatic hydroxyl groups is 1. The maximum atomic E-state index is 14.1. The average Bonchev–Trinajstić information content (AvgIpc) is 2.92. The van der Waals surface area contributed by atoms with Crippen molar-refractivity contribution in [2.24, 2.45) is 10.2 Å². The molecule has 10 nitrogen and oxygen atoms in total. The highest BCUT2D eigenvalue weighted by Gasteiger charge is 2.17. The summed E-state index contributed by atoms with van der Waals surface area (Å²) in [6.45, 7) is 2.40. The van der Waals surface area contributed by atoms with E-state index in [0.717, 1.165) is 17.6 Å². The van der Waals surface area contributed by atoms with Crippen molar-refractivity contribution in [3.63, 3.8) is 0 Å². The lowest BCUT2D eigenvalue weighted by Crippen LogP contribution is -2.37. The van der Waals surface area contributed by atoms with Crippen LogP contribution in [-0.2, 0) is 11.3 Å². The van der Waals surface area contributed by atoms with Crippen LogP contribution in [0.1, 0.15) is 5.69 Å². The molecule has 0 aliphatic carbocycles. The van der Waals surface area contributed by atoms with Crippen LogP contribution in [0.15, 0.2) is 83.3 Å². The van der Waals surface area contributed by atoms with Gasteiger partial charge in [-0.2, -0.15) is 10.1 Å². The number of rotatable bonds is 8. The van der Waals surface area contributed by atoms with E-state index in [1.807, 2.05) is 41.3 Å². The Balaban J connectivity index is 1.15. The molecule has 188 valence electrons. The molecule has 37 heavy (non-hydrogen) atoms. The van der Waals surface area contributed by atoms with Crippen molar-refractivity contribution >= 4 is 23.1 Å². The molecule has 2 aromatic carbocycles. The number of phenolic OH excluding ortho intramolecular Hbond substituents is 1. The molecular weight excluding hydrogens is 477 g/mol. The molecule has 0 radical (unpaired) electrons. The third-order valence-corrected chi connectivity index (χ3v) is 5.44. The van der Waals surface area contributed by atoms with Crippen molar-refractivity contribution in [2.45, 2.75) is 6.54 Å². The normalized spacial score (nSPS) is 13.6. The summed E-state index contributed by atoms with van der Waals surface area (Å²) in [6.07, 6.45) is 2.81. The van der Waals surface area contributed by atoms with Crippen molar-refractivity contribution in [2.75, 3.05) is 36.5 Å². The molecule has 0 saturated carbocycles. The van der Waals surface area contributed by atoms with Crippen LogP contribution in [0.25, 0.3) is 0 Å². The number of morpholine rings is 1. The average molecular weight is 502 g/mol. The van der Waals surface area contributed by atoms with Gasteiger partial charge in [0.15, 0.2) is 11.6 Å². The molecule has 2 N–H and O–H groups in total. The zero-order chi connectivity index (χ0) is 25.5. The number of pyridine rings is 1. The van der Waals surface area contributed by atoms with Crippen LogP contribution >= 0.6 is 0 Å². The highest BCUT2D eigenvalue weighted by Crippen LogP contribution is 2.26. The number of aromatic nitrogens is 3. The number of hydrogen-bond acceptors (Lipinski definition) is 10. The fourth-order valence-corrected chi connectivity index (χ4v) is 3.61. The van der Waals surface area contributed by atoms with Gasteiger partial charge in [0.05, 0.1) is 37.0 Å². The van der Waals surface area contributed by atoms with Crippen LogP contribution in [-0.4, -0.2) is 46.4 Å². The molecule has 3 heterocycles. The second-order valence-electron chi connectivity index (χ2n) is 8.13. The maximum absolute atomic E-state index is 14.1. The molecule has 2 aromatic heterocycles. The Morgan fingerprint density at radius 2 is 1.78 bits per heavy atom. The standard InChI is InChI=1S/C26H24FN7O3/c27-24-17-29-26(32-25(24)34-10-12-36-13-11-34)33-30-16-19-4-5-20(15-28-19)31-18-6-8-22(9-7-18)37-23-3-1-2-21(35)14-23/h1-9,14-15,17,31,35H,10-13,16H2. The summed E-state index contributed by atoms with van der Waals surface area (Å²) in [7, 11) is 0. The quantitative estimate of drug-likeness (QED) is 0.309. The van der Waals surface area contributed by atoms with E-state index in [0.29, 0.717) is 43.5 Å². The van der Waals surface area contributed by atoms with Crippen LogP contribution in [0.4, 0.5) is 27.5 Å². The van der Waals surface area contributed by atoms with Gasteiger partial charge in [-0.25, -0.2) is 9.37 Å². The first kappa shape index (κ1) is 24.1. The minimum atomic E-state index is -0.496. The van der Waals surface area contributed by atoms with Gasteiger partial charge in [0.2, 0.25) is 0 Å². The lowest BCUT2D eigenvalue weighted by Gasteiger charge is -2.27. The van der Waals surface area contributed by atoms with Gasteiger partial charge in [0, 0.05) is 24.8 Å². The Morgan fingerprint density at radius 3 is 2.54 bits per heavy atom. The molecule has 1 aliphatic heterocycles. The largest absolute Gasteiger partial charge is 0.508 e. The van der Waals surface area contributed by atoms with Crippen molar-refractivity contribution < 1.29 is 19.0 Å². The summed E-state index contributed by atoms with van der Waals surface area (Å²) in [6, 6.07) is 17.8. The summed E-state index contributed by atoms with van der Waals surface area (Å²) >= 11 is 0. The molecule has 0 unspecified atom stereocenters. The zero-order valence-electron chi connectivity index (χ0n) is 19.8. The first-order chi connectivity index (χ1) is 18.1. The number of hydrogen-bond donors (Lipinski definition) is 2. The van der Waals surface area contributed by atoms with Gasteiger partial charge in [-0.15, -0.1) is 5.11 Å². The third-order valence-electron chi connectivity index (χ3n) is 5.44. The van der Waals surface area contributed by atoms with Gasteiger partial charge < -0.3 is 24.8 Å². The van der Waals surface area contributed by atoms with Crippen molar-refractivity contribution in [1.29, 1.82) is 0 Å². The zero-order valence-corrected chi connectivity index (χ0v) is 19.8. The van der Waals surface area contributed by atoms with E-state index >= 15 is 0 Å². The maximum Gasteiger partial charge on any atom is 0.270 e. The van der Waals surface area contributed by atoms with Gasteiger partial charge >= 0.3 is 0 Å². The molecule has 11 heteroatoms. The van der Waals surface area contributed by atoms with Crippen LogP contribution in [0.2, 0.25) is 0 Å². The van der Waals surface area contributed by atoms with Gasteiger partial charge in [-0.05, 0) is 48.5 Å². The first-order valence-corrected chi connectivity index (χ1v) is 11.6. The SMILES string of the molecule is Oc1cccc(Oc2ccc(Nc3ccc(CN=Nc4ncc(F)c(N5CCOCC5)n4)nc3)cc2)c1. The van der Waals surface area contributed by atoms with Crippen molar-refractivity contribution in [3.8, 4) is 17.2 Å². The van der Waals surface area contributed by atoms with Gasteiger partial charge in [0.25, 0.3) is 5.95 Å². The number of benzene rings is 2. The van der Waals surface area contributed by atoms with Crippen LogP contribution < -0.4 is 15.0 Å². The van der Waals surface area contributed by atoms with Gasteiger partial charge in [-0.3, -0.25) is 4.98 Å². The second kappa shape index (κ2) is 11.4. The van der Waals surface area contributed by atoms with Crippen molar-refractivity contribution in [3.05, 3.63) is 84.6 Å². The lowest BCUT2D eigenvalue weighted by atomic mass is 10.2. The number of anilines is 3. The number of halogens is 1. The summed E-state index contributed by atoms with van der Waals surface area (Å²) in [5.74, 6) is 1.16. The minimum Gasteiger partial charge on any atom is -0.508 e. The third kappa shape index (κ3) is 6.53. The van der Waals surface area contributed by atoms with Gasteiger partial charge in [-0.1, -0.05) is 6.07 Å². The molecule has 0 amide bonds. The molecule has 1 fully saturated rings. The summed E-state index contributed by atoms with van der Waals surface area (Å²) < 4.78 is 25.2. The van der Waals surface area contributed by atoms with E-state index in [4.69, 9.17) is 9.47 Å². The van der Waals surface area contributed by atoms with E-state index in [-0.39, 0.29) is 24.1 Å². The van der Waals surface area contributed by atoms with E-state index < -0.39 is 5.82 Å². The molecular formula is C26H24FN7O3.